The molecule has 1 amide bonds. The Balaban J connectivity index is 1.66. The monoisotopic (exact) mass is 376 g/mol. The van der Waals surface area contributed by atoms with Gasteiger partial charge in [-0.2, -0.15) is 0 Å². The molecule has 122 valence electrons. The Kier molecular flexibility index (Phi) is 5.51. The maximum atomic E-state index is 12.3. The number of hydrogen-bond acceptors (Lipinski definition) is 3. The van der Waals surface area contributed by atoms with Crippen molar-refractivity contribution in [3.8, 4) is 0 Å². The van der Waals surface area contributed by atoms with Gasteiger partial charge in [0.05, 0.1) is 12.3 Å². The quantitative estimate of drug-likeness (QED) is 0.857. The smallest absolute Gasteiger partial charge is 0.251 e. The summed E-state index contributed by atoms with van der Waals surface area (Å²) in [5.74, 6) is 0.870. The van der Waals surface area contributed by atoms with Gasteiger partial charge in [-0.05, 0) is 62.3 Å². The minimum absolute atomic E-state index is 0.0499. The van der Waals surface area contributed by atoms with E-state index < -0.39 is 0 Å². The highest BCUT2D eigenvalue weighted by Crippen LogP contribution is 2.24. The second-order valence-corrected chi connectivity index (χ2v) is 6.76. The van der Waals surface area contributed by atoms with Crippen LogP contribution < -0.4 is 5.32 Å². The minimum atomic E-state index is -0.0499. The first kappa shape index (κ1) is 16.3. The fourth-order valence-electron chi connectivity index (χ4n) is 3.01. The number of rotatable bonds is 5. The SMILES string of the molecule is O=C(NC[C@@H](c1ccco1)N1CCCCC1)c1ccc(Br)cc1. The van der Waals surface area contributed by atoms with Crippen LogP contribution in [0.5, 0.6) is 0 Å². The topological polar surface area (TPSA) is 45.5 Å². The number of benzene rings is 1. The molecule has 1 atom stereocenters. The number of piperidine rings is 1. The molecule has 1 aliphatic rings. The van der Waals surface area contributed by atoms with Gasteiger partial charge < -0.3 is 9.73 Å². The van der Waals surface area contributed by atoms with Crippen LogP contribution in [0.3, 0.4) is 0 Å². The number of nitrogens with one attached hydrogen (secondary N) is 1. The summed E-state index contributed by atoms with van der Waals surface area (Å²) in [5, 5.41) is 3.05. The third kappa shape index (κ3) is 4.24. The molecule has 0 saturated carbocycles. The third-order valence-corrected chi connectivity index (χ3v) is 4.79. The molecule has 1 saturated heterocycles. The predicted octanol–water partition coefficient (Wildman–Crippen LogP) is 4.00. The van der Waals surface area contributed by atoms with E-state index in [1.807, 2.05) is 36.4 Å². The van der Waals surface area contributed by atoms with E-state index in [2.05, 4.69) is 26.1 Å². The van der Waals surface area contributed by atoms with Crippen molar-refractivity contribution in [2.45, 2.75) is 25.3 Å². The minimum Gasteiger partial charge on any atom is -0.468 e. The van der Waals surface area contributed by atoms with Gasteiger partial charge in [0.25, 0.3) is 5.91 Å². The highest BCUT2D eigenvalue weighted by molar-refractivity contribution is 9.10. The molecule has 0 unspecified atom stereocenters. The molecular weight excluding hydrogens is 356 g/mol. The summed E-state index contributed by atoms with van der Waals surface area (Å²) in [6.45, 7) is 2.67. The predicted molar refractivity (Wildman–Crippen MR) is 93.3 cm³/mol. The highest BCUT2D eigenvalue weighted by atomic mass is 79.9. The van der Waals surface area contributed by atoms with Gasteiger partial charge in [-0.3, -0.25) is 9.69 Å². The van der Waals surface area contributed by atoms with E-state index in [0.717, 1.165) is 23.3 Å². The van der Waals surface area contributed by atoms with Crippen molar-refractivity contribution in [3.05, 3.63) is 58.5 Å². The van der Waals surface area contributed by atoms with Crippen molar-refractivity contribution < 1.29 is 9.21 Å². The van der Waals surface area contributed by atoms with E-state index in [0.29, 0.717) is 12.1 Å². The molecule has 1 aliphatic heterocycles. The normalized spacial score (nSPS) is 16.9. The summed E-state index contributed by atoms with van der Waals surface area (Å²) in [4.78, 5) is 14.7. The Morgan fingerprint density at radius 2 is 1.91 bits per heavy atom. The Labute approximate surface area is 145 Å². The first-order valence-electron chi connectivity index (χ1n) is 8.05. The number of amides is 1. The van der Waals surface area contributed by atoms with Gasteiger partial charge in [0.2, 0.25) is 0 Å². The molecule has 23 heavy (non-hydrogen) atoms. The van der Waals surface area contributed by atoms with Crippen LogP contribution in [0.15, 0.2) is 51.6 Å². The number of halogens is 1. The van der Waals surface area contributed by atoms with Crippen molar-refractivity contribution in [2.75, 3.05) is 19.6 Å². The van der Waals surface area contributed by atoms with Crippen LogP contribution >= 0.6 is 15.9 Å². The van der Waals surface area contributed by atoms with Crippen molar-refractivity contribution in [1.29, 1.82) is 0 Å². The molecule has 0 spiro atoms. The average Bonchev–Trinajstić information content (AvgIpc) is 3.11. The molecule has 1 aromatic heterocycles. The molecule has 1 N–H and O–H groups in total. The third-order valence-electron chi connectivity index (χ3n) is 4.27. The molecule has 2 heterocycles. The summed E-state index contributed by atoms with van der Waals surface area (Å²) >= 11 is 3.38. The molecular formula is C18H21BrN2O2. The number of carbonyl (C=O) groups is 1. The highest BCUT2D eigenvalue weighted by Gasteiger charge is 2.25. The van der Waals surface area contributed by atoms with E-state index in [4.69, 9.17) is 4.42 Å². The number of nitrogens with zero attached hydrogens (tertiary/aromatic N) is 1. The van der Waals surface area contributed by atoms with Crippen LogP contribution in [0.2, 0.25) is 0 Å². The number of carbonyl (C=O) groups excluding carboxylic acids is 1. The molecule has 1 aromatic carbocycles. The van der Waals surface area contributed by atoms with Crippen LogP contribution in [0.1, 0.15) is 41.4 Å². The maximum absolute atomic E-state index is 12.3. The molecule has 1 fully saturated rings. The van der Waals surface area contributed by atoms with Crippen LogP contribution in [0.4, 0.5) is 0 Å². The molecule has 3 rings (SSSR count). The Bertz CT molecular complexity index is 619. The van der Waals surface area contributed by atoms with Crippen molar-refractivity contribution in [3.63, 3.8) is 0 Å². The molecule has 0 radical (unpaired) electrons. The lowest BCUT2D eigenvalue weighted by Crippen LogP contribution is -2.40. The first-order chi connectivity index (χ1) is 11.2. The Hall–Kier alpha value is -1.59. The van der Waals surface area contributed by atoms with Crippen LogP contribution in [-0.4, -0.2) is 30.4 Å². The summed E-state index contributed by atoms with van der Waals surface area (Å²) < 4.78 is 6.57. The largest absolute Gasteiger partial charge is 0.468 e. The van der Waals surface area contributed by atoms with Gasteiger partial charge in [-0.1, -0.05) is 22.4 Å². The van der Waals surface area contributed by atoms with E-state index in [1.54, 1.807) is 6.26 Å². The van der Waals surface area contributed by atoms with Gasteiger partial charge in [0, 0.05) is 16.6 Å². The zero-order valence-electron chi connectivity index (χ0n) is 13.0. The molecule has 5 heteroatoms. The zero-order valence-corrected chi connectivity index (χ0v) is 14.6. The molecule has 2 aromatic rings. The number of hydrogen-bond donors (Lipinski definition) is 1. The van der Waals surface area contributed by atoms with Crippen LogP contribution in [0, 0.1) is 0 Å². The number of likely N-dealkylation sites (tertiary alicyclic amines) is 1. The van der Waals surface area contributed by atoms with Crippen molar-refractivity contribution in [2.24, 2.45) is 0 Å². The van der Waals surface area contributed by atoms with Crippen molar-refractivity contribution >= 4 is 21.8 Å². The second-order valence-electron chi connectivity index (χ2n) is 5.84. The fraction of sp³-hybridized carbons (Fsp3) is 0.389. The van der Waals surface area contributed by atoms with Gasteiger partial charge in [0.1, 0.15) is 5.76 Å². The maximum Gasteiger partial charge on any atom is 0.251 e. The standard InChI is InChI=1S/C18H21BrN2O2/c19-15-8-6-14(7-9-15)18(22)20-13-16(17-5-4-12-23-17)21-10-2-1-3-11-21/h4-9,12,16H,1-3,10-11,13H2,(H,20,22)/t16-/m0/s1. The second kappa shape index (κ2) is 7.79. The molecule has 4 nitrogen and oxygen atoms in total. The summed E-state index contributed by atoms with van der Waals surface area (Å²) in [7, 11) is 0. The Morgan fingerprint density at radius 3 is 2.57 bits per heavy atom. The number of furan rings is 1. The summed E-state index contributed by atoms with van der Waals surface area (Å²) in [6, 6.07) is 11.4. The van der Waals surface area contributed by atoms with Gasteiger partial charge in [0.15, 0.2) is 0 Å². The zero-order chi connectivity index (χ0) is 16.1. The van der Waals surface area contributed by atoms with E-state index >= 15 is 0 Å². The Morgan fingerprint density at radius 1 is 1.17 bits per heavy atom. The summed E-state index contributed by atoms with van der Waals surface area (Å²) in [5.41, 5.74) is 0.671. The molecule has 0 aliphatic carbocycles. The van der Waals surface area contributed by atoms with Crippen LogP contribution in [-0.2, 0) is 0 Å². The lowest BCUT2D eigenvalue weighted by Gasteiger charge is -2.33. The molecule has 0 bridgehead atoms. The lowest BCUT2D eigenvalue weighted by atomic mass is 10.1. The van der Waals surface area contributed by atoms with Gasteiger partial charge in [-0.15, -0.1) is 0 Å². The van der Waals surface area contributed by atoms with E-state index in [-0.39, 0.29) is 11.9 Å². The first-order valence-corrected chi connectivity index (χ1v) is 8.84. The lowest BCUT2D eigenvalue weighted by molar-refractivity contribution is 0.0914. The van der Waals surface area contributed by atoms with Gasteiger partial charge in [-0.25, -0.2) is 0 Å². The van der Waals surface area contributed by atoms with Crippen LogP contribution in [0.25, 0.3) is 0 Å². The fourth-order valence-corrected chi connectivity index (χ4v) is 3.28. The van der Waals surface area contributed by atoms with Crippen molar-refractivity contribution in [1.82, 2.24) is 10.2 Å². The van der Waals surface area contributed by atoms with E-state index in [1.165, 1.54) is 19.3 Å². The van der Waals surface area contributed by atoms with E-state index in [9.17, 15) is 4.79 Å². The summed E-state index contributed by atoms with van der Waals surface area (Å²) in [6.07, 6.45) is 5.39. The van der Waals surface area contributed by atoms with Gasteiger partial charge >= 0.3 is 0 Å². The average molecular weight is 377 g/mol.